The zero-order chi connectivity index (χ0) is 16.5. The highest BCUT2D eigenvalue weighted by molar-refractivity contribution is 14.0. The van der Waals surface area contributed by atoms with E-state index >= 15 is 0 Å². The van der Waals surface area contributed by atoms with Crippen molar-refractivity contribution in [2.24, 2.45) is 4.99 Å². The lowest BCUT2D eigenvalue weighted by atomic mass is 10.1. The Morgan fingerprint density at radius 1 is 1.25 bits per heavy atom. The largest absolute Gasteiger partial charge is 0.361 e. The zero-order valence-electron chi connectivity index (χ0n) is 14.2. The Labute approximate surface area is 170 Å². The van der Waals surface area contributed by atoms with Crippen molar-refractivity contribution >= 4 is 64.2 Å². The van der Waals surface area contributed by atoms with Gasteiger partial charge in [0.15, 0.2) is 5.96 Å². The highest BCUT2D eigenvalue weighted by Crippen LogP contribution is 2.22. The fourth-order valence-electron chi connectivity index (χ4n) is 2.47. The molecule has 0 aliphatic heterocycles. The van der Waals surface area contributed by atoms with Gasteiger partial charge in [-0.05, 0) is 55.0 Å². The van der Waals surface area contributed by atoms with E-state index in [1.54, 1.807) is 0 Å². The number of nitrogens with zero attached hydrogens (tertiary/aromatic N) is 1. The quantitative estimate of drug-likeness (QED) is 0.229. The van der Waals surface area contributed by atoms with Gasteiger partial charge in [-0.15, -0.1) is 24.0 Å². The molecule has 2 aromatic rings. The molecule has 0 bridgehead atoms. The second kappa shape index (κ2) is 11.9. The van der Waals surface area contributed by atoms with Gasteiger partial charge in [0.1, 0.15) is 0 Å². The number of H-pyrrole nitrogens is 1. The molecule has 24 heavy (non-hydrogen) atoms. The van der Waals surface area contributed by atoms with Gasteiger partial charge in [-0.3, -0.25) is 4.99 Å². The lowest BCUT2D eigenvalue weighted by Gasteiger charge is -2.11. The number of aliphatic imine (C=N–C) groups is 1. The van der Waals surface area contributed by atoms with Gasteiger partial charge in [-0.25, -0.2) is 0 Å². The van der Waals surface area contributed by atoms with Crippen LogP contribution in [-0.4, -0.2) is 43.1 Å². The molecule has 3 N–H and O–H groups in total. The number of fused-ring (bicyclic) bond motifs is 1. The normalized spacial score (nSPS) is 11.4. The van der Waals surface area contributed by atoms with Gasteiger partial charge in [0.25, 0.3) is 0 Å². The first-order valence-corrected chi connectivity index (χ1v) is 9.70. The Balaban J connectivity index is 0.00000288. The van der Waals surface area contributed by atoms with E-state index in [2.05, 4.69) is 33.1 Å². The molecule has 0 aliphatic rings. The highest BCUT2D eigenvalue weighted by atomic mass is 127. The monoisotopic (exact) mass is 480 g/mol. The Morgan fingerprint density at radius 3 is 2.79 bits per heavy atom. The third-order valence-corrected chi connectivity index (χ3v) is 4.64. The molecule has 0 spiro atoms. The first kappa shape index (κ1) is 21.4. The van der Waals surface area contributed by atoms with Gasteiger partial charge in [0.2, 0.25) is 0 Å². The van der Waals surface area contributed by atoms with Crippen molar-refractivity contribution in [3.05, 3.63) is 35.0 Å². The van der Waals surface area contributed by atoms with Gasteiger partial charge in [0.05, 0.1) is 0 Å². The summed E-state index contributed by atoms with van der Waals surface area (Å²) in [5.41, 5.74) is 2.39. The summed E-state index contributed by atoms with van der Waals surface area (Å²) in [7, 11) is 1.81. The van der Waals surface area contributed by atoms with Crippen LogP contribution >= 0.6 is 47.3 Å². The lowest BCUT2D eigenvalue weighted by Crippen LogP contribution is -2.38. The molecular weight excluding hydrogens is 455 g/mol. The second-order valence-corrected chi connectivity index (χ2v) is 6.80. The third kappa shape index (κ3) is 6.72. The summed E-state index contributed by atoms with van der Waals surface area (Å²) < 4.78 is 0. The van der Waals surface area contributed by atoms with E-state index < -0.39 is 0 Å². The summed E-state index contributed by atoms with van der Waals surface area (Å²) in [6, 6.07) is 5.94. The molecule has 0 unspecified atom stereocenters. The minimum atomic E-state index is 0. The Kier molecular flexibility index (Phi) is 10.6. The summed E-state index contributed by atoms with van der Waals surface area (Å²) >= 11 is 7.98. The smallest absolute Gasteiger partial charge is 0.190 e. The van der Waals surface area contributed by atoms with Crippen molar-refractivity contribution in [1.29, 1.82) is 0 Å². The van der Waals surface area contributed by atoms with Crippen LogP contribution in [0.5, 0.6) is 0 Å². The van der Waals surface area contributed by atoms with Gasteiger partial charge in [-0.1, -0.05) is 11.6 Å². The summed E-state index contributed by atoms with van der Waals surface area (Å²) in [5.74, 6) is 2.09. The van der Waals surface area contributed by atoms with Crippen LogP contribution in [0.25, 0.3) is 10.9 Å². The first-order valence-electron chi connectivity index (χ1n) is 7.93. The molecule has 1 heterocycles. The fourth-order valence-corrected chi connectivity index (χ4v) is 3.14. The van der Waals surface area contributed by atoms with Crippen LogP contribution in [0.1, 0.15) is 18.4 Å². The Morgan fingerprint density at radius 2 is 2.04 bits per heavy atom. The van der Waals surface area contributed by atoms with Crippen LogP contribution < -0.4 is 10.6 Å². The molecule has 0 saturated carbocycles. The molecular formula is C17H26ClIN4S. The van der Waals surface area contributed by atoms with E-state index in [0.717, 1.165) is 36.0 Å². The SMILES string of the molecule is CN=C(NCCCCSC)NCCc1c[nH]c2ccc(Cl)cc12.I. The van der Waals surface area contributed by atoms with Crippen molar-refractivity contribution < 1.29 is 0 Å². The van der Waals surface area contributed by atoms with Crippen LogP contribution in [0.3, 0.4) is 0 Å². The average molecular weight is 481 g/mol. The van der Waals surface area contributed by atoms with Crippen LogP contribution in [0, 0.1) is 0 Å². The van der Waals surface area contributed by atoms with E-state index in [0.29, 0.717) is 0 Å². The highest BCUT2D eigenvalue weighted by Gasteiger charge is 2.05. The molecule has 0 fully saturated rings. The number of hydrogen-bond donors (Lipinski definition) is 3. The van der Waals surface area contributed by atoms with E-state index in [4.69, 9.17) is 11.6 Å². The number of unbranched alkanes of at least 4 members (excludes halogenated alkanes) is 1. The van der Waals surface area contributed by atoms with Crippen molar-refractivity contribution in [3.8, 4) is 0 Å². The molecule has 0 atom stereocenters. The molecule has 0 aliphatic carbocycles. The minimum absolute atomic E-state index is 0. The lowest BCUT2D eigenvalue weighted by molar-refractivity contribution is 0.731. The topological polar surface area (TPSA) is 52.2 Å². The summed E-state index contributed by atoms with van der Waals surface area (Å²) in [6.07, 6.45) is 7.53. The maximum absolute atomic E-state index is 6.09. The van der Waals surface area contributed by atoms with E-state index in [1.807, 2.05) is 37.0 Å². The van der Waals surface area contributed by atoms with Crippen molar-refractivity contribution in [2.75, 3.05) is 32.1 Å². The number of guanidine groups is 1. The molecule has 1 aromatic heterocycles. The molecule has 7 heteroatoms. The summed E-state index contributed by atoms with van der Waals surface area (Å²) in [5, 5.41) is 8.69. The number of hydrogen-bond acceptors (Lipinski definition) is 2. The minimum Gasteiger partial charge on any atom is -0.361 e. The molecule has 1 aromatic carbocycles. The second-order valence-electron chi connectivity index (χ2n) is 5.38. The van der Waals surface area contributed by atoms with Crippen LogP contribution in [-0.2, 0) is 6.42 Å². The molecule has 0 amide bonds. The summed E-state index contributed by atoms with van der Waals surface area (Å²) in [4.78, 5) is 7.55. The molecule has 0 radical (unpaired) electrons. The third-order valence-electron chi connectivity index (χ3n) is 3.71. The standard InChI is InChI=1S/C17H25ClN4S.HI/c1-19-17(20-8-3-4-10-23-2)21-9-7-13-12-22-16-6-5-14(18)11-15(13)16;/h5-6,11-12,22H,3-4,7-10H2,1-2H3,(H2,19,20,21);1H. The number of benzene rings is 1. The zero-order valence-corrected chi connectivity index (χ0v) is 18.1. The number of rotatable bonds is 8. The van der Waals surface area contributed by atoms with Crippen molar-refractivity contribution in [3.63, 3.8) is 0 Å². The van der Waals surface area contributed by atoms with E-state index in [-0.39, 0.29) is 24.0 Å². The van der Waals surface area contributed by atoms with Crippen LogP contribution in [0.15, 0.2) is 29.4 Å². The first-order chi connectivity index (χ1) is 11.2. The number of aromatic nitrogens is 1. The van der Waals surface area contributed by atoms with Crippen molar-refractivity contribution in [2.45, 2.75) is 19.3 Å². The molecule has 2 rings (SSSR count). The van der Waals surface area contributed by atoms with E-state index in [9.17, 15) is 0 Å². The number of thioether (sulfide) groups is 1. The van der Waals surface area contributed by atoms with Gasteiger partial charge >= 0.3 is 0 Å². The Bertz CT molecular complexity index is 645. The molecule has 134 valence electrons. The predicted molar refractivity (Wildman–Crippen MR) is 119 cm³/mol. The molecule has 4 nitrogen and oxygen atoms in total. The number of aromatic amines is 1. The fraction of sp³-hybridized carbons (Fsp3) is 0.471. The maximum Gasteiger partial charge on any atom is 0.190 e. The predicted octanol–water partition coefficient (Wildman–Crippen LogP) is 4.29. The van der Waals surface area contributed by atoms with Gasteiger partial charge in [0, 0.05) is 42.3 Å². The summed E-state index contributed by atoms with van der Waals surface area (Å²) in [6.45, 7) is 1.80. The average Bonchev–Trinajstić information content (AvgIpc) is 2.95. The Hall–Kier alpha value is -0.600. The van der Waals surface area contributed by atoms with E-state index in [1.165, 1.54) is 29.5 Å². The molecule has 0 saturated heterocycles. The maximum atomic E-state index is 6.09. The van der Waals surface area contributed by atoms with Crippen LogP contribution in [0.2, 0.25) is 5.02 Å². The number of nitrogens with one attached hydrogen (secondary N) is 3. The van der Waals surface area contributed by atoms with Crippen LogP contribution in [0.4, 0.5) is 0 Å². The number of halogens is 2. The van der Waals surface area contributed by atoms with Gasteiger partial charge < -0.3 is 15.6 Å². The van der Waals surface area contributed by atoms with Crippen molar-refractivity contribution in [1.82, 2.24) is 15.6 Å². The van der Waals surface area contributed by atoms with Gasteiger partial charge in [-0.2, -0.15) is 11.8 Å².